The van der Waals surface area contributed by atoms with Crippen molar-refractivity contribution in [1.82, 2.24) is 37.2 Å². The molecule has 0 saturated heterocycles. The molecule has 0 aromatic heterocycles. The minimum absolute atomic E-state index is 0.0371. The largest absolute Gasteiger partial charge is 0.481 e. The highest BCUT2D eigenvalue weighted by atomic mass is 32.1. The molecule has 0 saturated carbocycles. The highest BCUT2D eigenvalue weighted by molar-refractivity contribution is 7.80. The molecule has 0 aliphatic carbocycles. The molecular formula is C33H45N7O17S. The summed E-state index contributed by atoms with van der Waals surface area (Å²) in [6.45, 7) is 0.152. The van der Waals surface area contributed by atoms with Gasteiger partial charge in [0.1, 0.15) is 30.2 Å². The number of hydrogen-bond donors (Lipinski definition) is 14. The van der Waals surface area contributed by atoms with Gasteiger partial charge in [0.25, 0.3) is 0 Å². The Morgan fingerprint density at radius 1 is 0.517 bits per heavy atom. The van der Waals surface area contributed by atoms with E-state index in [1.54, 1.807) is 12.1 Å². The molecular weight excluding hydrogens is 798 g/mol. The minimum atomic E-state index is -1.83. The van der Waals surface area contributed by atoms with Crippen molar-refractivity contribution in [2.24, 2.45) is 0 Å². The van der Waals surface area contributed by atoms with Crippen LogP contribution in [0, 0.1) is 0 Å². The molecule has 0 unspecified atom stereocenters. The van der Waals surface area contributed by atoms with Crippen molar-refractivity contribution in [3.63, 3.8) is 0 Å². The molecule has 0 aliphatic heterocycles. The molecule has 5 atom stereocenters. The van der Waals surface area contributed by atoms with Crippen LogP contribution in [0.3, 0.4) is 0 Å². The number of carbonyl (C=O) groups is 11. The Morgan fingerprint density at radius 3 is 1.48 bits per heavy atom. The summed E-state index contributed by atoms with van der Waals surface area (Å²) < 4.78 is 0. The Morgan fingerprint density at radius 2 is 1.00 bits per heavy atom. The van der Waals surface area contributed by atoms with Crippen molar-refractivity contribution in [2.45, 2.75) is 88.1 Å². The topological polar surface area (TPSA) is 393 Å². The fourth-order valence-electron chi connectivity index (χ4n) is 4.76. The van der Waals surface area contributed by atoms with Gasteiger partial charge in [0.05, 0.1) is 19.3 Å². The Balaban J connectivity index is 2.62. The number of thiol groups is 1. The first-order valence-electron chi connectivity index (χ1n) is 17.2. The predicted molar refractivity (Wildman–Crippen MR) is 197 cm³/mol. The molecule has 0 radical (unpaired) electrons. The Labute approximate surface area is 334 Å². The number of amides is 7. The van der Waals surface area contributed by atoms with Crippen LogP contribution in [-0.4, -0.2) is 139 Å². The molecule has 1 rings (SSSR count). The second kappa shape index (κ2) is 25.5. The maximum absolute atomic E-state index is 12.9. The third kappa shape index (κ3) is 20.3. The van der Waals surface area contributed by atoms with Gasteiger partial charge >= 0.3 is 47.9 Å². The quantitative estimate of drug-likeness (QED) is 0.0327. The fraction of sp³-hybridized carbons (Fsp3) is 0.485. The van der Waals surface area contributed by atoms with E-state index in [0.717, 1.165) is 0 Å². The van der Waals surface area contributed by atoms with Gasteiger partial charge in [-0.3, -0.25) is 28.8 Å². The molecule has 0 bridgehead atoms. The van der Waals surface area contributed by atoms with E-state index in [-0.39, 0.29) is 38.1 Å². The zero-order chi connectivity index (χ0) is 43.9. The number of carboxylic acids is 6. The second-order valence-electron chi connectivity index (χ2n) is 12.4. The van der Waals surface area contributed by atoms with E-state index in [0.29, 0.717) is 17.5 Å². The van der Waals surface area contributed by atoms with Gasteiger partial charge in [-0.05, 0) is 36.8 Å². The highest BCUT2D eigenvalue weighted by Crippen LogP contribution is 2.08. The molecule has 320 valence electrons. The van der Waals surface area contributed by atoms with Gasteiger partial charge in [-0.15, -0.1) is 0 Å². The maximum atomic E-state index is 12.9. The van der Waals surface area contributed by atoms with E-state index in [2.05, 4.69) is 33.9 Å². The van der Waals surface area contributed by atoms with E-state index in [4.69, 9.17) is 15.3 Å². The summed E-state index contributed by atoms with van der Waals surface area (Å²) in [7, 11) is 0. The summed E-state index contributed by atoms with van der Waals surface area (Å²) in [5.41, 5.74) is 0.997. The van der Waals surface area contributed by atoms with Crippen LogP contribution in [0.15, 0.2) is 24.3 Å². The summed E-state index contributed by atoms with van der Waals surface area (Å²) in [5.74, 6) is -12.3. The number of carboxylic acid groups (broad SMARTS) is 6. The smallest absolute Gasteiger partial charge is 0.327 e. The molecule has 0 spiro atoms. The first-order chi connectivity index (χ1) is 27.2. The molecule has 1 aromatic rings. The van der Waals surface area contributed by atoms with Crippen molar-refractivity contribution in [3.8, 4) is 0 Å². The van der Waals surface area contributed by atoms with Crippen LogP contribution >= 0.6 is 12.6 Å². The van der Waals surface area contributed by atoms with Crippen molar-refractivity contribution in [2.75, 3.05) is 12.3 Å². The van der Waals surface area contributed by atoms with Gasteiger partial charge in [0.15, 0.2) is 0 Å². The summed E-state index contributed by atoms with van der Waals surface area (Å²) in [5, 5.41) is 70.4. The van der Waals surface area contributed by atoms with Gasteiger partial charge in [-0.25, -0.2) is 24.0 Å². The molecule has 0 fully saturated rings. The standard InChI is InChI=1S/C33H45N7O17S/c41-23(36-20(12-25(44)45)27(48)37-21(13-26(46)47)28(49)38-22(15-58)31(54)55)11-16-4-6-17(7-5-16)14-35-32(56)34-10-2-1-3-18(29(50)51)39-33(57)40-19(30(52)53)8-9-24(42)43/h4-7,18-22,58H,1-3,8-15H2,(H,36,41)(H,37,48)(H,38,49)(H,42,43)(H,44,45)(H,46,47)(H,50,51)(H,52,53)(H,54,55)(H2,34,35,56)(H2,39,40,57)/t18-,19-,20+,21+,22-/m0/s1. The predicted octanol–water partition coefficient (Wildman–Crippen LogP) is -2.31. The number of unbranched alkanes of at least 4 members (excludes halogenated alkanes) is 1. The monoisotopic (exact) mass is 843 g/mol. The first kappa shape index (κ1) is 49.4. The molecule has 7 amide bonds. The minimum Gasteiger partial charge on any atom is -0.481 e. The summed E-state index contributed by atoms with van der Waals surface area (Å²) in [6, 6.07) is -3.59. The molecule has 0 aliphatic rings. The van der Waals surface area contributed by atoms with Crippen LogP contribution < -0.4 is 37.2 Å². The third-order valence-electron chi connectivity index (χ3n) is 7.74. The van der Waals surface area contributed by atoms with Crippen molar-refractivity contribution < 1.29 is 83.4 Å². The average Bonchev–Trinajstić information content (AvgIpc) is 3.13. The van der Waals surface area contributed by atoms with E-state index in [1.165, 1.54) is 12.1 Å². The molecule has 25 heteroatoms. The van der Waals surface area contributed by atoms with Gasteiger partial charge in [-0.2, -0.15) is 12.6 Å². The summed E-state index contributed by atoms with van der Waals surface area (Å²) >= 11 is 3.79. The SMILES string of the molecule is O=C(O)CC[C@H](NC(=O)N[C@@H](CCCCNC(=O)NCc1ccc(CC(=O)N[C@H](CC(=O)O)C(=O)N[C@H](CC(=O)O)C(=O)N[C@@H](CS)C(=O)O)cc1)C(=O)O)C(=O)O. The van der Waals surface area contributed by atoms with Crippen molar-refractivity contribution in [3.05, 3.63) is 35.4 Å². The number of rotatable bonds is 27. The van der Waals surface area contributed by atoms with Crippen molar-refractivity contribution in [1.29, 1.82) is 0 Å². The lowest BCUT2D eigenvalue weighted by atomic mass is 10.1. The zero-order valence-electron chi connectivity index (χ0n) is 30.6. The first-order valence-corrected chi connectivity index (χ1v) is 17.9. The van der Waals surface area contributed by atoms with E-state index in [1.807, 2.05) is 16.0 Å². The van der Waals surface area contributed by atoms with E-state index < -0.39 is 121 Å². The normalized spacial score (nSPS) is 13.1. The van der Waals surface area contributed by atoms with E-state index in [9.17, 15) is 68.1 Å². The zero-order valence-corrected chi connectivity index (χ0v) is 31.5. The van der Waals surface area contributed by atoms with Gasteiger partial charge < -0.3 is 67.9 Å². The van der Waals surface area contributed by atoms with Crippen molar-refractivity contribution >= 4 is 78.2 Å². The highest BCUT2D eigenvalue weighted by Gasteiger charge is 2.32. The molecule has 13 N–H and O–H groups in total. The number of urea groups is 2. The van der Waals surface area contributed by atoms with Crippen LogP contribution in [0.4, 0.5) is 9.59 Å². The Hall–Kier alpha value is -6.66. The second-order valence-corrected chi connectivity index (χ2v) is 12.8. The van der Waals surface area contributed by atoms with Crippen LogP contribution in [0.2, 0.25) is 0 Å². The van der Waals surface area contributed by atoms with Crippen LogP contribution in [0.25, 0.3) is 0 Å². The van der Waals surface area contributed by atoms with Crippen LogP contribution in [0.1, 0.15) is 56.1 Å². The maximum Gasteiger partial charge on any atom is 0.327 e. The lowest BCUT2D eigenvalue weighted by Crippen LogP contribution is -2.57. The lowest BCUT2D eigenvalue weighted by molar-refractivity contribution is -0.144. The van der Waals surface area contributed by atoms with Crippen LogP contribution in [0.5, 0.6) is 0 Å². The number of hydrogen-bond acceptors (Lipinski definition) is 12. The molecule has 0 heterocycles. The average molecular weight is 844 g/mol. The molecule has 24 nitrogen and oxygen atoms in total. The lowest BCUT2D eigenvalue weighted by Gasteiger charge is -2.22. The number of carbonyl (C=O) groups excluding carboxylic acids is 5. The van der Waals surface area contributed by atoms with Gasteiger partial charge in [0.2, 0.25) is 17.7 Å². The third-order valence-corrected chi connectivity index (χ3v) is 8.10. The van der Waals surface area contributed by atoms with Gasteiger partial charge in [0, 0.05) is 25.3 Å². The van der Waals surface area contributed by atoms with Crippen LogP contribution in [-0.2, 0) is 56.1 Å². The molecule has 1 aromatic carbocycles. The number of benzene rings is 1. The van der Waals surface area contributed by atoms with Gasteiger partial charge in [-0.1, -0.05) is 24.3 Å². The summed E-state index contributed by atoms with van der Waals surface area (Å²) in [4.78, 5) is 130. The number of aliphatic carboxylic acids is 6. The molecule has 58 heavy (non-hydrogen) atoms. The van der Waals surface area contributed by atoms with E-state index >= 15 is 0 Å². The fourth-order valence-corrected chi connectivity index (χ4v) is 5.01. The summed E-state index contributed by atoms with van der Waals surface area (Å²) in [6.07, 6.45) is -2.80. The number of nitrogens with one attached hydrogen (secondary N) is 7. The Bertz CT molecular complexity index is 1680. The Kier molecular flexibility index (Phi) is 21.7.